The fourth-order valence-electron chi connectivity index (χ4n) is 2.55. The maximum atomic E-state index is 4.46. The van der Waals surface area contributed by atoms with Crippen LogP contribution in [0.2, 0.25) is 0 Å². The van der Waals surface area contributed by atoms with Crippen molar-refractivity contribution in [2.24, 2.45) is 0 Å². The zero-order valence-corrected chi connectivity index (χ0v) is 13.7. The zero-order chi connectivity index (χ0) is 13.9. The van der Waals surface area contributed by atoms with Crippen LogP contribution in [0.25, 0.3) is 0 Å². The van der Waals surface area contributed by atoms with E-state index in [1.165, 1.54) is 25.9 Å². The fraction of sp³-hybridized carbons (Fsp3) is 0.667. The minimum Gasteiger partial charge on any atom is -0.308 e. The summed E-state index contributed by atoms with van der Waals surface area (Å²) < 4.78 is 0.911. The molecule has 1 fully saturated rings. The molecule has 0 aromatic carbocycles. The predicted octanol–water partition coefficient (Wildman–Crippen LogP) is 3.20. The van der Waals surface area contributed by atoms with Crippen LogP contribution in [-0.2, 0) is 6.54 Å². The van der Waals surface area contributed by atoms with Gasteiger partial charge in [-0.05, 0) is 61.7 Å². The van der Waals surface area contributed by atoms with Crippen LogP contribution in [0.5, 0.6) is 0 Å². The summed E-state index contributed by atoms with van der Waals surface area (Å²) in [5.41, 5.74) is 1.41. The first-order valence-corrected chi connectivity index (χ1v) is 7.84. The summed E-state index contributed by atoms with van der Waals surface area (Å²) in [6.07, 6.45) is 2.45. The molecule has 19 heavy (non-hydrogen) atoms. The van der Waals surface area contributed by atoms with Crippen molar-refractivity contribution < 1.29 is 0 Å². The Hall–Kier alpha value is -0.450. The van der Waals surface area contributed by atoms with E-state index in [0.29, 0.717) is 11.6 Å². The Kier molecular flexibility index (Phi) is 4.98. The third-order valence-electron chi connectivity index (χ3n) is 3.79. The largest absolute Gasteiger partial charge is 0.308 e. The molecule has 0 atom stereocenters. The van der Waals surface area contributed by atoms with Crippen molar-refractivity contribution in [3.63, 3.8) is 0 Å². The molecule has 1 N–H and O–H groups in total. The van der Waals surface area contributed by atoms with Gasteiger partial charge in [-0.1, -0.05) is 6.07 Å². The molecule has 0 aliphatic carbocycles. The molecule has 1 aliphatic rings. The van der Waals surface area contributed by atoms with Crippen LogP contribution in [-0.4, -0.2) is 34.6 Å². The Morgan fingerprint density at radius 1 is 1.32 bits per heavy atom. The molecule has 1 aromatic rings. The Labute approximate surface area is 124 Å². The monoisotopic (exact) mass is 325 g/mol. The van der Waals surface area contributed by atoms with Gasteiger partial charge >= 0.3 is 0 Å². The number of hydrogen-bond donors (Lipinski definition) is 1. The van der Waals surface area contributed by atoms with Crippen LogP contribution in [0.15, 0.2) is 22.8 Å². The smallest absolute Gasteiger partial charge is 0.106 e. The molecule has 1 aromatic heterocycles. The number of aromatic nitrogens is 1. The highest BCUT2D eigenvalue weighted by atomic mass is 79.9. The molecule has 1 aliphatic heterocycles. The predicted molar refractivity (Wildman–Crippen MR) is 83.1 cm³/mol. The average Bonchev–Trinajstić information content (AvgIpc) is 2.36. The highest BCUT2D eigenvalue weighted by molar-refractivity contribution is 9.10. The van der Waals surface area contributed by atoms with E-state index in [-0.39, 0.29) is 0 Å². The number of likely N-dealkylation sites (tertiary alicyclic amines) is 1. The SMILES string of the molecule is CC(C)(C)N1CCC(NCc2cccc(Br)n2)CC1. The van der Waals surface area contributed by atoms with E-state index in [1.54, 1.807) is 0 Å². The molecule has 0 unspecified atom stereocenters. The van der Waals surface area contributed by atoms with Crippen molar-refractivity contribution in [2.45, 2.75) is 51.7 Å². The van der Waals surface area contributed by atoms with Gasteiger partial charge in [0.2, 0.25) is 0 Å². The summed E-state index contributed by atoms with van der Waals surface area (Å²) in [5.74, 6) is 0. The third kappa shape index (κ3) is 4.55. The fourth-order valence-corrected chi connectivity index (χ4v) is 2.93. The Morgan fingerprint density at radius 2 is 2.00 bits per heavy atom. The van der Waals surface area contributed by atoms with E-state index in [1.807, 2.05) is 12.1 Å². The van der Waals surface area contributed by atoms with Gasteiger partial charge in [-0.2, -0.15) is 0 Å². The summed E-state index contributed by atoms with van der Waals surface area (Å²) >= 11 is 3.41. The maximum absolute atomic E-state index is 4.46. The van der Waals surface area contributed by atoms with Gasteiger partial charge in [0.25, 0.3) is 0 Å². The van der Waals surface area contributed by atoms with Crippen molar-refractivity contribution in [1.82, 2.24) is 15.2 Å². The van der Waals surface area contributed by atoms with Gasteiger partial charge in [0.1, 0.15) is 4.60 Å². The molecule has 0 saturated carbocycles. The van der Waals surface area contributed by atoms with Gasteiger partial charge in [0.05, 0.1) is 5.69 Å². The van der Waals surface area contributed by atoms with E-state index in [9.17, 15) is 0 Å². The number of nitrogens with zero attached hydrogens (tertiary/aromatic N) is 2. The lowest BCUT2D eigenvalue weighted by atomic mass is 9.98. The standard InChI is InChI=1S/C15H24BrN3/c1-15(2,3)19-9-7-12(8-10-19)17-11-13-5-4-6-14(16)18-13/h4-6,12,17H,7-11H2,1-3H3. The second kappa shape index (κ2) is 6.33. The number of hydrogen-bond acceptors (Lipinski definition) is 3. The molecule has 1 saturated heterocycles. The van der Waals surface area contributed by atoms with Gasteiger partial charge in [-0.15, -0.1) is 0 Å². The van der Waals surface area contributed by atoms with E-state index in [0.717, 1.165) is 16.8 Å². The number of nitrogens with one attached hydrogen (secondary N) is 1. The minimum absolute atomic E-state index is 0.302. The molecule has 0 bridgehead atoms. The van der Waals surface area contributed by atoms with E-state index < -0.39 is 0 Å². The van der Waals surface area contributed by atoms with Gasteiger partial charge < -0.3 is 5.32 Å². The zero-order valence-electron chi connectivity index (χ0n) is 12.1. The molecule has 0 spiro atoms. The Morgan fingerprint density at radius 3 is 2.58 bits per heavy atom. The average molecular weight is 326 g/mol. The first kappa shape index (κ1) is 14.9. The lowest BCUT2D eigenvalue weighted by Crippen LogP contribution is -2.49. The lowest BCUT2D eigenvalue weighted by molar-refractivity contribution is 0.0959. The Bertz CT molecular complexity index is 406. The topological polar surface area (TPSA) is 28.2 Å². The molecule has 4 heteroatoms. The quantitative estimate of drug-likeness (QED) is 0.865. The lowest BCUT2D eigenvalue weighted by Gasteiger charge is -2.41. The summed E-state index contributed by atoms with van der Waals surface area (Å²) in [5, 5.41) is 3.63. The van der Waals surface area contributed by atoms with Crippen molar-refractivity contribution in [3.05, 3.63) is 28.5 Å². The van der Waals surface area contributed by atoms with Gasteiger partial charge in [-0.3, -0.25) is 4.90 Å². The van der Waals surface area contributed by atoms with E-state index in [2.05, 4.69) is 58.0 Å². The molecule has 0 amide bonds. The van der Waals surface area contributed by atoms with Crippen LogP contribution in [0.4, 0.5) is 0 Å². The van der Waals surface area contributed by atoms with Crippen LogP contribution >= 0.6 is 15.9 Å². The summed E-state index contributed by atoms with van der Waals surface area (Å²) in [7, 11) is 0. The van der Waals surface area contributed by atoms with Crippen molar-refractivity contribution in [1.29, 1.82) is 0 Å². The molecule has 2 heterocycles. The van der Waals surface area contributed by atoms with Gasteiger partial charge in [-0.25, -0.2) is 4.98 Å². The summed E-state index contributed by atoms with van der Waals surface area (Å²) in [6.45, 7) is 10.1. The number of pyridine rings is 1. The molecule has 3 nitrogen and oxygen atoms in total. The highest BCUT2D eigenvalue weighted by Crippen LogP contribution is 2.20. The van der Waals surface area contributed by atoms with E-state index >= 15 is 0 Å². The van der Waals surface area contributed by atoms with Crippen molar-refractivity contribution in [3.8, 4) is 0 Å². The molecule has 2 rings (SSSR count). The second-order valence-electron chi connectivity index (χ2n) is 6.26. The molecular weight excluding hydrogens is 302 g/mol. The first-order valence-electron chi connectivity index (χ1n) is 7.05. The van der Waals surface area contributed by atoms with Gasteiger partial charge in [0, 0.05) is 31.2 Å². The minimum atomic E-state index is 0.302. The maximum Gasteiger partial charge on any atom is 0.106 e. The van der Waals surface area contributed by atoms with Crippen LogP contribution < -0.4 is 5.32 Å². The van der Waals surface area contributed by atoms with Crippen molar-refractivity contribution in [2.75, 3.05) is 13.1 Å². The highest BCUT2D eigenvalue weighted by Gasteiger charge is 2.26. The normalized spacial score (nSPS) is 18.7. The van der Waals surface area contributed by atoms with Crippen molar-refractivity contribution >= 4 is 15.9 Å². The number of rotatable bonds is 3. The van der Waals surface area contributed by atoms with E-state index in [4.69, 9.17) is 0 Å². The summed E-state index contributed by atoms with van der Waals surface area (Å²) in [6, 6.07) is 6.70. The first-order chi connectivity index (χ1) is 8.95. The molecule has 106 valence electrons. The molecule has 0 radical (unpaired) electrons. The second-order valence-corrected chi connectivity index (χ2v) is 7.08. The number of halogens is 1. The summed E-state index contributed by atoms with van der Waals surface area (Å²) in [4.78, 5) is 7.03. The van der Waals surface area contributed by atoms with Gasteiger partial charge in [0.15, 0.2) is 0 Å². The van der Waals surface area contributed by atoms with Crippen LogP contribution in [0, 0.1) is 0 Å². The van der Waals surface area contributed by atoms with Crippen LogP contribution in [0.1, 0.15) is 39.3 Å². The third-order valence-corrected chi connectivity index (χ3v) is 4.23. The molecular formula is C15H24BrN3. The Balaban J connectivity index is 1.77. The number of piperidine rings is 1. The van der Waals surface area contributed by atoms with Crippen LogP contribution in [0.3, 0.4) is 0 Å².